The van der Waals surface area contributed by atoms with Crippen molar-refractivity contribution >= 4 is 33.6 Å². The number of ether oxygens (including phenoxy) is 1. The molecule has 8 nitrogen and oxygen atoms in total. The molecular formula is C24H28N4O4. The van der Waals surface area contributed by atoms with Gasteiger partial charge in [-0.2, -0.15) is 0 Å². The van der Waals surface area contributed by atoms with Gasteiger partial charge in [0.15, 0.2) is 5.58 Å². The first-order valence-electron chi connectivity index (χ1n) is 11.3. The maximum atomic E-state index is 12.4. The number of hydrogen-bond donors (Lipinski definition) is 2. The fourth-order valence-electron chi connectivity index (χ4n) is 4.79. The molecule has 0 saturated carbocycles. The van der Waals surface area contributed by atoms with Crippen LogP contribution in [0.2, 0.25) is 0 Å². The van der Waals surface area contributed by atoms with E-state index in [2.05, 4.69) is 27.7 Å². The van der Waals surface area contributed by atoms with E-state index >= 15 is 0 Å². The van der Waals surface area contributed by atoms with Crippen LogP contribution in [0.25, 0.3) is 21.7 Å². The smallest absolute Gasteiger partial charge is 0.235 e. The molecule has 2 N–H and O–H groups in total. The van der Waals surface area contributed by atoms with E-state index in [4.69, 9.17) is 9.26 Å². The summed E-state index contributed by atoms with van der Waals surface area (Å²) >= 11 is 0. The Bertz CT molecular complexity index is 1150. The maximum Gasteiger partial charge on any atom is 0.235 e. The summed E-state index contributed by atoms with van der Waals surface area (Å²) in [4.78, 5) is 26.3. The Morgan fingerprint density at radius 3 is 2.81 bits per heavy atom. The molecule has 2 saturated heterocycles. The normalized spacial score (nSPS) is 20.2. The van der Waals surface area contributed by atoms with E-state index in [0.717, 1.165) is 41.5 Å². The van der Waals surface area contributed by atoms with Crippen molar-refractivity contribution in [1.82, 2.24) is 20.7 Å². The molecule has 0 radical (unpaired) electrons. The Labute approximate surface area is 186 Å². The summed E-state index contributed by atoms with van der Waals surface area (Å²) in [6, 6.07) is 10.4. The quantitative estimate of drug-likeness (QED) is 0.573. The van der Waals surface area contributed by atoms with E-state index in [-0.39, 0.29) is 11.8 Å². The lowest BCUT2D eigenvalue weighted by atomic mass is 9.91. The third kappa shape index (κ3) is 4.08. The number of benzene rings is 2. The van der Waals surface area contributed by atoms with Gasteiger partial charge in [0.1, 0.15) is 18.1 Å². The van der Waals surface area contributed by atoms with Gasteiger partial charge in [-0.15, -0.1) is 0 Å². The van der Waals surface area contributed by atoms with Crippen LogP contribution in [-0.2, 0) is 9.59 Å². The molecule has 2 aliphatic heterocycles. The molecule has 2 aromatic carbocycles. The molecular weight excluding hydrogens is 408 g/mol. The van der Waals surface area contributed by atoms with Gasteiger partial charge in [0.25, 0.3) is 0 Å². The molecule has 1 aromatic heterocycles. The zero-order valence-corrected chi connectivity index (χ0v) is 18.2. The summed E-state index contributed by atoms with van der Waals surface area (Å²) in [6.45, 7) is 3.67. The van der Waals surface area contributed by atoms with Gasteiger partial charge < -0.3 is 14.6 Å². The van der Waals surface area contributed by atoms with E-state index in [1.807, 2.05) is 30.3 Å². The van der Waals surface area contributed by atoms with Crippen LogP contribution in [0.5, 0.6) is 5.75 Å². The van der Waals surface area contributed by atoms with Gasteiger partial charge in [0.2, 0.25) is 11.8 Å². The van der Waals surface area contributed by atoms with Crippen molar-refractivity contribution in [2.45, 2.75) is 37.6 Å². The number of piperidine rings is 2. The number of likely N-dealkylation sites (N-methyl/N-ethyl adjacent to an activating group) is 1. The predicted octanol–water partition coefficient (Wildman–Crippen LogP) is 2.56. The largest absolute Gasteiger partial charge is 0.492 e. The third-order valence-corrected chi connectivity index (χ3v) is 6.67. The highest BCUT2D eigenvalue weighted by atomic mass is 16.5. The zero-order valence-electron chi connectivity index (χ0n) is 18.2. The molecule has 3 aromatic rings. The molecule has 32 heavy (non-hydrogen) atoms. The minimum Gasteiger partial charge on any atom is -0.492 e. The number of nitrogens with zero attached hydrogens (tertiary/aromatic N) is 2. The number of carbonyl (C=O) groups excluding carboxylic acids is 2. The molecule has 3 heterocycles. The Hall–Kier alpha value is -2.97. The molecule has 2 amide bonds. The van der Waals surface area contributed by atoms with Crippen molar-refractivity contribution in [3.63, 3.8) is 0 Å². The Morgan fingerprint density at radius 1 is 1.16 bits per heavy atom. The van der Waals surface area contributed by atoms with Gasteiger partial charge in [-0.1, -0.05) is 11.2 Å². The molecule has 0 unspecified atom stereocenters. The number of amides is 2. The van der Waals surface area contributed by atoms with Crippen molar-refractivity contribution in [1.29, 1.82) is 0 Å². The summed E-state index contributed by atoms with van der Waals surface area (Å²) < 4.78 is 11.6. The highest BCUT2D eigenvalue weighted by Gasteiger charge is 2.32. The van der Waals surface area contributed by atoms with Crippen LogP contribution in [0.4, 0.5) is 0 Å². The lowest BCUT2D eigenvalue weighted by molar-refractivity contribution is -0.134. The first-order valence-corrected chi connectivity index (χ1v) is 11.3. The molecule has 0 aliphatic carbocycles. The standard InChI is InChI=1S/C24H28N4O4/c1-28(16-8-10-25-11-9-16)12-13-31-17-3-4-18-15(14-17)2-6-20-22(18)23(27-32-20)19-5-7-21(29)26-24(19)30/h2-4,6,14,16,19,25H,5,7-13H2,1H3,(H,26,29,30)/t19-/m0/s1. The average molecular weight is 437 g/mol. The van der Waals surface area contributed by atoms with Gasteiger partial charge in [0.05, 0.1) is 11.3 Å². The van der Waals surface area contributed by atoms with Gasteiger partial charge in [-0.3, -0.25) is 19.8 Å². The monoisotopic (exact) mass is 436 g/mol. The summed E-state index contributed by atoms with van der Waals surface area (Å²) in [5.74, 6) is -0.224. The highest BCUT2D eigenvalue weighted by molar-refractivity contribution is 6.10. The number of hydrogen-bond acceptors (Lipinski definition) is 7. The van der Waals surface area contributed by atoms with Crippen molar-refractivity contribution < 1.29 is 18.8 Å². The molecule has 0 spiro atoms. The second-order valence-corrected chi connectivity index (χ2v) is 8.70. The average Bonchev–Trinajstić information content (AvgIpc) is 3.24. The molecule has 8 heteroatoms. The topological polar surface area (TPSA) is 96.7 Å². The molecule has 5 rings (SSSR count). The summed E-state index contributed by atoms with van der Waals surface area (Å²) in [5, 5.41) is 12.8. The minimum absolute atomic E-state index is 0.239. The van der Waals surface area contributed by atoms with Crippen molar-refractivity contribution in [3.05, 3.63) is 36.0 Å². The summed E-state index contributed by atoms with van der Waals surface area (Å²) in [5.41, 5.74) is 1.22. The SMILES string of the molecule is CN(CCOc1ccc2c(ccc3onc([C@@H]4CCC(=O)NC4=O)c32)c1)C1CCNCC1. The Morgan fingerprint density at radius 2 is 2.00 bits per heavy atom. The zero-order chi connectivity index (χ0) is 22.1. The van der Waals surface area contributed by atoms with Crippen molar-refractivity contribution in [3.8, 4) is 5.75 Å². The van der Waals surface area contributed by atoms with E-state index in [9.17, 15) is 9.59 Å². The van der Waals surface area contributed by atoms with E-state index in [1.54, 1.807) is 0 Å². The van der Waals surface area contributed by atoms with E-state index in [1.165, 1.54) is 12.8 Å². The van der Waals surface area contributed by atoms with Gasteiger partial charge in [0, 0.05) is 19.0 Å². The number of nitrogens with one attached hydrogen (secondary N) is 2. The number of carbonyl (C=O) groups is 2. The molecule has 1 atom stereocenters. The van der Waals surface area contributed by atoms with Crippen LogP contribution in [0.1, 0.15) is 37.3 Å². The van der Waals surface area contributed by atoms with Gasteiger partial charge >= 0.3 is 0 Å². The number of fused-ring (bicyclic) bond motifs is 3. The summed E-state index contributed by atoms with van der Waals surface area (Å²) in [7, 11) is 2.17. The van der Waals surface area contributed by atoms with Crippen LogP contribution in [0, 0.1) is 0 Å². The second kappa shape index (κ2) is 8.88. The minimum atomic E-state index is -0.485. The fraction of sp³-hybridized carbons (Fsp3) is 0.458. The van der Waals surface area contributed by atoms with Crippen LogP contribution >= 0.6 is 0 Å². The van der Waals surface area contributed by atoms with Crippen LogP contribution in [0.15, 0.2) is 34.9 Å². The fourth-order valence-corrected chi connectivity index (χ4v) is 4.79. The maximum absolute atomic E-state index is 12.4. The van der Waals surface area contributed by atoms with Crippen LogP contribution in [0.3, 0.4) is 0 Å². The van der Waals surface area contributed by atoms with Crippen molar-refractivity contribution in [2.24, 2.45) is 0 Å². The first kappa shape index (κ1) is 20.9. The van der Waals surface area contributed by atoms with Gasteiger partial charge in [-0.25, -0.2) is 0 Å². The van der Waals surface area contributed by atoms with E-state index in [0.29, 0.717) is 36.8 Å². The first-order chi connectivity index (χ1) is 15.6. The lowest BCUT2D eigenvalue weighted by Gasteiger charge is -2.31. The number of rotatable bonds is 6. The summed E-state index contributed by atoms with van der Waals surface area (Å²) in [6.07, 6.45) is 3.10. The lowest BCUT2D eigenvalue weighted by Crippen LogP contribution is -2.42. The molecule has 2 aliphatic rings. The molecule has 168 valence electrons. The van der Waals surface area contributed by atoms with Gasteiger partial charge in [-0.05, 0) is 74.4 Å². The highest BCUT2D eigenvalue weighted by Crippen LogP contribution is 2.36. The molecule has 0 bridgehead atoms. The Balaban J connectivity index is 1.34. The second-order valence-electron chi connectivity index (χ2n) is 8.70. The molecule has 2 fully saturated rings. The van der Waals surface area contributed by atoms with Crippen LogP contribution in [-0.4, -0.2) is 61.2 Å². The van der Waals surface area contributed by atoms with Crippen LogP contribution < -0.4 is 15.4 Å². The number of imide groups is 1. The van der Waals surface area contributed by atoms with E-state index < -0.39 is 5.92 Å². The van der Waals surface area contributed by atoms with Crippen molar-refractivity contribution in [2.75, 3.05) is 33.3 Å². The third-order valence-electron chi connectivity index (χ3n) is 6.67. The Kier molecular flexibility index (Phi) is 5.80. The predicted molar refractivity (Wildman–Crippen MR) is 121 cm³/mol. The number of aromatic nitrogens is 1.